The summed E-state index contributed by atoms with van der Waals surface area (Å²) in [5.74, 6) is 0.648. The van der Waals surface area contributed by atoms with E-state index in [0.717, 1.165) is 31.5 Å². The van der Waals surface area contributed by atoms with E-state index in [0.29, 0.717) is 36.7 Å². The van der Waals surface area contributed by atoms with Crippen molar-refractivity contribution in [1.29, 1.82) is 0 Å². The van der Waals surface area contributed by atoms with Gasteiger partial charge in [0.1, 0.15) is 0 Å². The van der Waals surface area contributed by atoms with Gasteiger partial charge in [-0.2, -0.15) is 0 Å². The van der Waals surface area contributed by atoms with E-state index in [1.54, 1.807) is 23.1 Å². The monoisotopic (exact) mass is 387 g/mol. The fraction of sp³-hybridized carbons (Fsp3) is 0.450. The fourth-order valence-corrected chi connectivity index (χ4v) is 4.03. The topological polar surface area (TPSA) is 66.7 Å². The molecule has 0 spiro atoms. The molecule has 0 N–H and O–H groups in total. The zero-order valence-corrected chi connectivity index (χ0v) is 15.8. The van der Waals surface area contributed by atoms with Gasteiger partial charge in [0.05, 0.1) is 0 Å². The number of likely N-dealkylation sites (tertiary alicyclic amines) is 2. The van der Waals surface area contributed by atoms with E-state index in [9.17, 15) is 9.59 Å². The third kappa shape index (κ3) is 3.86. The van der Waals surface area contributed by atoms with E-state index in [1.165, 1.54) is 0 Å². The van der Waals surface area contributed by atoms with Crippen molar-refractivity contribution in [1.82, 2.24) is 15.0 Å². The van der Waals surface area contributed by atoms with Crippen molar-refractivity contribution in [3.05, 3.63) is 41.0 Å². The van der Waals surface area contributed by atoms with E-state index in [-0.39, 0.29) is 23.4 Å². The van der Waals surface area contributed by atoms with Crippen LogP contribution < -0.4 is 0 Å². The lowest BCUT2D eigenvalue weighted by atomic mass is 9.95. The molecule has 2 amide bonds. The first-order valence-electron chi connectivity index (χ1n) is 9.42. The number of nitrogens with zero attached hydrogens (tertiary/aromatic N) is 3. The lowest BCUT2D eigenvalue weighted by Crippen LogP contribution is -2.43. The van der Waals surface area contributed by atoms with Crippen LogP contribution in [0.3, 0.4) is 0 Å². The number of piperidine rings is 1. The van der Waals surface area contributed by atoms with Crippen LogP contribution in [-0.2, 0) is 4.79 Å². The summed E-state index contributed by atoms with van der Waals surface area (Å²) >= 11 is 6.00. The highest BCUT2D eigenvalue weighted by Gasteiger charge is 2.32. The highest BCUT2D eigenvalue weighted by Crippen LogP contribution is 2.26. The summed E-state index contributed by atoms with van der Waals surface area (Å²) in [5, 5.41) is 4.53. The number of rotatable bonds is 3. The predicted octanol–water partition coefficient (Wildman–Crippen LogP) is 3.47. The van der Waals surface area contributed by atoms with E-state index >= 15 is 0 Å². The number of benzene rings is 1. The lowest BCUT2D eigenvalue weighted by molar-refractivity contribution is -0.135. The van der Waals surface area contributed by atoms with Crippen molar-refractivity contribution < 1.29 is 14.1 Å². The molecule has 0 radical (unpaired) electrons. The minimum absolute atomic E-state index is 0.0338. The van der Waals surface area contributed by atoms with Gasteiger partial charge in [0.15, 0.2) is 11.5 Å². The third-order valence-electron chi connectivity index (χ3n) is 5.39. The Morgan fingerprint density at radius 2 is 1.78 bits per heavy atom. The molecule has 27 heavy (non-hydrogen) atoms. The van der Waals surface area contributed by atoms with Gasteiger partial charge in [0.25, 0.3) is 5.91 Å². The van der Waals surface area contributed by atoms with E-state index < -0.39 is 0 Å². The Labute approximate surface area is 163 Å². The van der Waals surface area contributed by atoms with E-state index in [2.05, 4.69) is 5.16 Å². The van der Waals surface area contributed by atoms with Gasteiger partial charge in [-0.3, -0.25) is 9.59 Å². The molecule has 4 rings (SSSR count). The molecule has 2 fully saturated rings. The van der Waals surface area contributed by atoms with Crippen molar-refractivity contribution >= 4 is 23.4 Å². The number of carbonyl (C=O) groups excluding carboxylic acids is 2. The van der Waals surface area contributed by atoms with Crippen LogP contribution in [0.5, 0.6) is 0 Å². The maximum atomic E-state index is 12.7. The van der Waals surface area contributed by atoms with Crippen LogP contribution in [0.4, 0.5) is 0 Å². The van der Waals surface area contributed by atoms with Gasteiger partial charge >= 0.3 is 0 Å². The van der Waals surface area contributed by atoms with Crippen molar-refractivity contribution in [2.24, 2.45) is 5.92 Å². The van der Waals surface area contributed by atoms with Crippen LogP contribution in [0.1, 0.15) is 36.2 Å². The molecule has 0 aliphatic carbocycles. The average Bonchev–Trinajstić information content (AvgIpc) is 3.39. The molecule has 0 atom stereocenters. The summed E-state index contributed by atoms with van der Waals surface area (Å²) < 4.78 is 5.33. The highest BCUT2D eigenvalue weighted by molar-refractivity contribution is 6.30. The molecule has 142 valence electrons. The Kier molecular flexibility index (Phi) is 5.16. The molecular formula is C20H22ClN3O3. The molecule has 0 unspecified atom stereocenters. The molecular weight excluding hydrogens is 366 g/mol. The maximum absolute atomic E-state index is 12.7. The maximum Gasteiger partial charge on any atom is 0.276 e. The van der Waals surface area contributed by atoms with E-state index in [4.69, 9.17) is 16.1 Å². The van der Waals surface area contributed by atoms with Gasteiger partial charge in [-0.25, -0.2) is 0 Å². The first-order chi connectivity index (χ1) is 13.1. The number of halogens is 1. The summed E-state index contributed by atoms with van der Waals surface area (Å²) in [7, 11) is 0. The summed E-state index contributed by atoms with van der Waals surface area (Å²) in [4.78, 5) is 29.0. The minimum Gasteiger partial charge on any atom is -0.355 e. The second kappa shape index (κ2) is 7.72. The molecule has 6 nitrogen and oxygen atoms in total. The first kappa shape index (κ1) is 18.0. The van der Waals surface area contributed by atoms with Gasteiger partial charge in [0.2, 0.25) is 5.91 Å². The lowest BCUT2D eigenvalue weighted by Gasteiger charge is -2.32. The molecule has 2 saturated heterocycles. The van der Waals surface area contributed by atoms with Gasteiger partial charge in [-0.15, -0.1) is 0 Å². The number of amides is 2. The Morgan fingerprint density at radius 3 is 2.48 bits per heavy atom. The van der Waals surface area contributed by atoms with Crippen LogP contribution in [0.15, 0.2) is 34.9 Å². The SMILES string of the molecule is O=C(c1cc(-c2cccc(Cl)c2)on1)N1CCC(C(=O)N2CCCC2)CC1. The van der Waals surface area contributed by atoms with Gasteiger partial charge in [-0.1, -0.05) is 28.9 Å². The van der Waals surface area contributed by atoms with Crippen LogP contribution in [-0.4, -0.2) is 52.9 Å². The molecule has 1 aromatic carbocycles. The molecule has 2 aromatic rings. The zero-order valence-electron chi connectivity index (χ0n) is 15.1. The van der Waals surface area contributed by atoms with Crippen molar-refractivity contribution in [3.8, 4) is 11.3 Å². The molecule has 0 saturated carbocycles. The highest BCUT2D eigenvalue weighted by atomic mass is 35.5. The molecule has 2 aliphatic heterocycles. The van der Waals surface area contributed by atoms with E-state index in [1.807, 2.05) is 17.0 Å². The van der Waals surface area contributed by atoms with Crippen LogP contribution in [0, 0.1) is 5.92 Å². The molecule has 1 aromatic heterocycles. The van der Waals surface area contributed by atoms with Gasteiger partial charge in [-0.05, 0) is 37.8 Å². The van der Waals surface area contributed by atoms with Crippen LogP contribution in [0.2, 0.25) is 5.02 Å². The zero-order chi connectivity index (χ0) is 18.8. The smallest absolute Gasteiger partial charge is 0.276 e. The van der Waals surface area contributed by atoms with Crippen molar-refractivity contribution in [3.63, 3.8) is 0 Å². The molecule has 7 heteroatoms. The minimum atomic E-state index is -0.154. The molecule has 0 bridgehead atoms. The normalized spacial score (nSPS) is 18.1. The Bertz CT molecular complexity index is 837. The summed E-state index contributed by atoms with van der Waals surface area (Å²) in [6.07, 6.45) is 3.62. The predicted molar refractivity (Wildman–Crippen MR) is 101 cm³/mol. The second-order valence-corrected chi connectivity index (χ2v) is 7.62. The Hall–Kier alpha value is -2.34. The number of aromatic nitrogens is 1. The Morgan fingerprint density at radius 1 is 1.04 bits per heavy atom. The standard InChI is InChI=1S/C20H22ClN3O3/c21-16-5-3-4-15(12-16)18-13-17(22-27-18)20(26)24-10-6-14(7-11-24)19(25)23-8-1-2-9-23/h3-5,12-14H,1-2,6-11H2. The van der Waals surface area contributed by atoms with Crippen LogP contribution >= 0.6 is 11.6 Å². The second-order valence-electron chi connectivity index (χ2n) is 7.19. The number of hydrogen-bond donors (Lipinski definition) is 0. The quantitative estimate of drug-likeness (QED) is 0.808. The first-order valence-corrected chi connectivity index (χ1v) is 9.80. The number of carbonyl (C=O) groups is 2. The molecule has 3 heterocycles. The summed E-state index contributed by atoms with van der Waals surface area (Å²) in [6, 6.07) is 8.88. The Balaban J connectivity index is 1.37. The van der Waals surface area contributed by atoms with Gasteiger partial charge < -0.3 is 14.3 Å². The number of hydrogen-bond acceptors (Lipinski definition) is 4. The van der Waals surface area contributed by atoms with Crippen molar-refractivity contribution in [2.45, 2.75) is 25.7 Å². The summed E-state index contributed by atoms with van der Waals surface area (Å²) in [6.45, 7) is 2.90. The third-order valence-corrected chi connectivity index (χ3v) is 5.62. The largest absolute Gasteiger partial charge is 0.355 e. The fourth-order valence-electron chi connectivity index (χ4n) is 3.84. The summed E-state index contributed by atoms with van der Waals surface area (Å²) in [5.41, 5.74) is 1.07. The van der Waals surface area contributed by atoms with Crippen molar-refractivity contribution in [2.75, 3.05) is 26.2 Å². The van der Waals surface area contributed by atoms with Crippen LogP contribution in [0.25, 0.3) is 11.3 Å². The van der Waals surface area contributed by atoms with Gasteiger partial charge in [0, 0.05) is 48.7 Å². The average molecular weight is 388 g/mol. The molecule has 2 aliphatic rings.